The summed E-state index contributed by atoms with van der Waals surface area (Å²) in [5.41, 5.74) is 1.29. The molecule has 0 fully saturated rings. The predicted octanol–water partition coefficient (Wildman–Crippen LogP) is 5.48. The lowest BCUT2D eigenvalue weighted by atomic mass is 10.1. The van der Waals surface area contributed by atoms with Gasteiger partial charge in [0.1, 0.15) is 29.4 Å². The molecule has 0 aliphatic rings. The highest BCUT2D eigenvalue weighted by Gasteiger charge is 2.31. The number of esters is 2. The largest absolute Gasteiger partial charge is 0.489 e. The van der Waals surface area contributed by atoms with E-state index in [4.69, 9.17) is 25.8 Å². The summed E-state index contributed by atoms with van der Waals surface area (Å²) in [6.45, 7) is -0.106. The number of halogens is 2. The molecule has 0 amide bonds. The maximum Gasteiger partial charge on any atom is 0.357 e. The second kappa shape index (κ2) is 10.4. The molecular weight excluding hydrogens is 475 g/mol. The first kappa shape index (κ1) is 24.0. The summed E-state index contributed by atoms with van der Waals surface area (Å²) < 4.78 is 31.1. The van der Waals surface area contributed by atoms with E-state index in [1.165, 1.54) is 31.0 Å². The van der Waals surface area contributed by atoms with Gasteiger partial charge in [-0.15, -0.1) is 0 Å². The van der Waals surface area contributed by atoms with Crippen LogP contribution in [0.5, 0.6) is 5.75 Å². The van der Waals surface area contributed by atoms with Crippen molar-refractivity contribution >= 4 is 23.5 Å². The minimum Gasteiger partial charge on any atom is -0.489 e. The van der Waals surface area contributed by atoms with Crippen molar-refractivity contribution in [2.75, 3.05) is 14.2 Å². The van der Waals surface area contributed by atoms with Crippen molar-refractivity contribution in [1.82, 2.24) is 9.78 Å². The van der Waals surface area contributed by atoms with Gasteiger partial charge in [-0.2, -0.15) is 5.10 Å². The second-order valence-electron chi connectivity index (χ2n) is 7.32. The van der Waals surface area contributed by atoms with Gasteiger partial charge >= 0.3 is 11.9 Å². The van der Waals surface area contributed by atoms with E-state index in [0.29, 0.717) is 17.0 Å². The third kappa shape index (κ3) is 4.88. The van der Waals surface area contributed by atoms with E-state index in [1.807, 2.05) is 6.07 Å². The number of hydrogen-bond acceptors (Lipinski definition) is 6. The van der Waals surface area contributed by atoms with Crippen LogP contribution >= 0.6 is 11.6 Å². The van der Waals surface area contributed by atoms with Gasteiger partial charge in [0, 0.05) is 11.1 Å². The van der Waals surface area contributed by atoms with Crippen molar-refractivity contribution in [3.63, 3.8) is 0 Å². The van der Waals surface area contributed by atoms with E-state index in [2.05, 4.69) is 5.10 Å². The number of nitrogens with zero attached hydrogens (tertiary/aromatic N) is 2. The molecular formula is C26H20ClFN2O5. The smallest absolute Gasteiger partial charge is 0.357 e. The highest BCUT2D eigenvalue weighted by molar-refractivity contribution is 6.31. The molecule has 0 aliphatic carbocycles. The molecule has 3 aromatic carbocycles. The molecule has 0 spiro atoms. The molecule has 0 atom stereocenters. The zero-order chi connectivity index (χ0) is 24.9. The predicted molar refractivity (Wildman–Crippen MR) is 127 cm³/mol. The molecule has 0 radical (unpaired) electrons. The van der Waals surface area contributed by atoms with Gasteiger partial charge in [0.2, 0.25) is 0 Å². The third-order valence-electron chi connectivity index (χ3n) is 5.21. The van der Waals surface area contributed by atoms with Gasteiger partial charge in [-0.1, -0.05) is 48.0 Å². The van der Waals surface area contributed by atoms with Gasteiger partial charge in [-0.05, 0) is 36.4 Å². The average Bonchev–Trinajstić information content (AvgIpc) is 3.29. The number of ether oxygens (including phenoxy) is 3. The third-order valence-corrected chi connectivity index (χ3v) is 5.56. The van der Waals surface area contributed by atoms with Gasteiger partial charge < -0.3 is 14.2 Å². The lowest BCUT2D eigenvalue weighted by Gasteiger charge is -2.10. The molecule has 0 bridgehead atoms. The van der Waals surface area contributed by atoms with Crippen molar-refractivity contribution in [2.24, 2.45) is 0 Å². The summed E-state index contributed by atoms with van der Waals surface area (Å²) in [7, 11) is 2.43. The molecule has 7 nitrogen and oxygen atoms in total. The zero-order valence-electron chi connectivity index (χ0n) is 18.8. The number of para-hydroxylation sites is 1. The van der Waals surface area contributed by atoms with Crippen LogP contribution in [0.15, 0.2) is 72.8 Å². The van der Waals surface area contributed by atoms with E-state index >= 15 is 0 Å². The maximum atomic E-state index is 14.1. The van der Waals surface area contributed by atoms with Crippen LogP contribution in [0.2, 0.25) is 5.02 Å². The summed E-state index contributed by atoms with van der Waals surface area (Å²) >= 11 is 6.09. The highest BCUT2D eigenvalue weighted by atomic mass is 35.5. The Kier molecular flexibility index (Phi) is 7.12. The van der Waals surface area contributed by atoms with Crippen molar-refractivity contribution in [1.29, 1.82) is 0 Å². The molecule has 1 heterocycles. The van der Waals surface area contributed by atoms with Crippen LogP contribution in [0.3, 0.4) is 0 Å². The monoisotopic (exact) mass is 494 g/mol. The van der Waals surface area contributed by atoms with Gasteiger partial charge in [0.25, 0.3) is 0 Å². The first-order valence-electron chi connectivity index (χ1n) is 10.5. The van der Waals surface area contributed by atoms with Crippen LogP contribution in [-0.4, -0.2) is 35.9 Å². The van der Waals surface area contributed by atoms with E-state index in [9.17, 15) is 14.0 Å². The minimum atomic E-state index is -0.757. The number of benzene rings is 3. The molecule has 178 valence electrons. The van der Waals surface area contributed by atoms with E-state index in [-0.39, 0.29) is 34.1 Å². The molecule has 35 heavy (non-hydrogen) atoms. The van der Waals surface area contributed by atoms with Gasteiger partial charge in [-0.25, -0.2) is 18.7 Å². The number of aromatic nitrogens is 2. The van der Waals surface area contributed by atoms with E-state index in [0.717, 1.165) is 0 Å². The summed E-state index contributed by atoms with van der Waals surface area (Å²) in [5, 5.41) is 4.80. The molecule has 9 heteroatoms. The van der Waals surface area contributed by atoms with Crippen LogP contribution < -0.4 is 4.74 Å². The molecule has 0 aliphatic heterocycles. The normalized spacial score (nSPS) is 10.6. The molecule has 4 rings (SSSR count). The highest BCUT2D eigenvalue weighted by Crippen LogP contribution is 2.31. The molecule has 1 aromatic heterocycles. The lowest BCUT2D eigenvalue weighted by molar-refractivity contribution is 0.0549. The maximum absolute atomic E-state index is 14.1. The minimum absolute atomic E-state index is 0.0579. The van der Waals surface area contributed by atoms with Crippen LogP contribution in [0.1, 0.15) is 26.4 Å². The average molecular weight is 495 g/mol. The van der Waals surface area contributed by atoms with Gasteiger partial charge in [0.05, 0.1) is 24.9 Å². The lowest BCUT2D eigenvalue weighted by Crippen LogP contribution is -2.15. The number of rotatable bonds is 7. The van der Waals surface area contributed by atoms with Crippen LogP contribution in [-0.2, 0) is 16.1 Å². The summed E-state index contributed by atoms with van der Waals surface area (Å²) in [5.74, 6) is -1.61. The number of hydrogen-bond donors (Lipinski definition) is 0. The van der Waals surface area contributed by atoms with Crippen molar-refractivity contribution < 1.29 is 28.2 Å². The Labute approximate surface area is 205 Å². The fourth-order valence-corrected chi connectivity index (χ4v) is 3.73. The van der Waals surface area contributed by atoms with Crippen LogP contribution in [0.4, 0.5) is 4.39 Å². The summed E-state index contributed by atoms with van der Waals surface area (Å²) in [6, 6.07) is 19.9. The Morgan fingerprint density at radius 1 is 0.943 bits per heavy atom. The number of carbonyl (C=O) groups excluding carboxylic acids is 2. The van der Waals surface area contributed by atoms with Crippen molar-refractivity contribution in [2.45, 2.75) is 6.61 Å². The van der Waals surface area contributed by atoms with E-state index < -0.39 is 17.8 Å². The molecule has 0 saturated heterocycles. The van der Waals surface area contributed by atoms with Gasteiger partial charge in [-0.3, -0.25) is 0 Å². The fraction of sp³-hybridized carbons (Fsp3) is 0.115. The fourth-order valence-electron chi connectivity index (χ4n) is 3.52. The number of methoxy groups -OCH3 is 2. The molecule has 0 saturated carbocycles. The number of carbonyl (C=O) groups is 2. The SMILES string of the molecule is COC(=O)c1c(-c2cccc(OCc3c(F)cccc3Cl)c2)nn(-c2ccccc2)c1C(=O)OC. The van der Waals surface area contributed by atoms with Crippen molar-refractivity contribution in [3.8, 4) is 22.7 Å². The molecule has 4 aromatic rings. The topological polar surface area (TPSA) is 79.7 Å². The Bertz CT molecular complexity index is 1370. The summed E-state index contributed by atoms with van der Waals surface area (Å²) in [6.07, 6.45) is 0. The van der Waals surface area contributed by atoms with Crippen LogP contribution in [0, 0.1) is 5.82 Å². The van der Waals surface area contributed by atoms with Gasteiger partial charge in [0.15, 0.2) is 5.69 Å². The Morgan fingerprint density at radius 2 is 1.66 bits per heavy atom. The Balaban J connectivity index is 1.80. The Hall–Kier alpha value is -4.17. The van der Waals surface area contributed by atoms with Crippen LogP contribution in [0.25, 0.3) is 16.9 Å². The first-order valence-corrected chi connectivity index (χ1v) is 10.8. The molecule has 0 N–H and O–H groups in total. The quantitative estimate of drug-likeness (QED) is 0.316. The standard InChI is InChI=1S/C26H20ClFN2O5/c1-33-25(31)22-23(29-30(24(22)26(32)34-2)17-9-4-3-5-10-17)16-8-6-11-18(14-16)35-15-19-20(27)12-7-13-21(19)28/h3-14H,15H2,1-2H3. The molecule has 0 unspecified atom stereocenters. The Morgan fingerprint density at radius 3 is 2.34 bits per heavy atom. The zero-order valence-corrected chi connectivity index (χ0v) is 19.6. The second-order valence-corrected chi connectivity index (χ2v) is 7.73. The summed E-state index contributed by atoms with van der Waals surface area (Å²) in [4.78, 5) is 25.5. The first-order chi connectivity index (χ1) is 16.9. The van der Waals surface area contributed by atoms with Crippen molar-refractivity contribution in [3.05, 3.63) is 100 Å². The van der Waals surface area contributed by atoms with E-state index in [1.54, 1.807) is 54.6 Å².